The van der Waals surface area contributed by atoms with Gasteiger partial charge in [-0.15, -0.1) is 22.7 Å². The minimum atomic E-state index is -0.527. The quantitative estimate of drug-likeness (QED) is 0.173. The maximum absolute atomic E-state index is 5.03. The lowest BCUT2D eigenvalue weighted by atomic mass is 9.64. The van der Waals surface area contributed by atoms with Crippen molar-refractivity contribution in [1.29, 1.82) is 0 Å². The van der Waals surface area contributed by atoms with Crippen LogP contribution in [0.3, 0.4) is 0 Å². The summed E-state index contributed by atoms with van der Waals surface area (Å²) in [4.78, 5) is 21.2. The van der Waals surface area contributed by atoms with Gasteiger partial charge >= 0.3 is 0 Å². The van der Waals surface area contributed by atoms with Crippen LogP contribution in [-0.4, -0.2) is 19.9 Å². The molecule has 13 rings (SSSR count). The third-order valence-corrected chi connectivity index (χ3v) is 14.7. The zero-order valence-corrected chi connectivity index (χ0v) is 34.7. The smallest absolute Gasteiger partial charge is 0.124 e. The molecule has 0 amide bonds. The number of hydrogen-bond acceptors (Lipinski definition) is 7. The van der Waals surface area contributed by atoms with Crippen LogP contribution in [0.1, 0.15) is 22.3 Å². The van der Waals surface area contributed by atoms with Gasteiger partial charge in [0.2, 0.25) is 0 Å². The number of para-hydroxylation sites is 3. The number of thiazole rings is 2. The molecular weight excluding hydrogens is 795 g/mol. The second kappa shape index (κ2) is 13.7. The molecule has 0 atom stereocenters. The molecule has 0 unspecified atom stereocenters. The van der Waals surface area contributed by atoms with E-state index in [1.807, 2.05) is 36.9 Å². The molecule has 1 spiro atoms. The molecule has 2 aliphatic rings. The number of nitrogens with zero attached hydrogens (tertiary/aromatic N) is 5. The molecule has 0 saturated heterocycles. The Labute approximate surface area is 366 Å². The molecule has 1 aliphatic heterocycles. The van der Waals surface area contributed by atoms with Gasteiger partial charge in [0.25, 0.3) is 0 Å². The van der Waals surface area contributed by atoms with E-state index in [4.69, 9.17) is 9.97 Å². The van der Waals surface area contributed by atoms with Gasteiger partial charge in [0.1, 0.15) is 21.0 Å². The van der Waals surface area contributed by atoms with Crippen LogP contribution in [0, 0.1) is 0 Å². The number of pyridine rings is 2. The molecule has 0 saturated carbocycles. The van der Waals surface area contributed by atoms with E-state index in [-0.39, 0.29) is 0 Å². The third kappa shape index (κ3) is 5.25. The number of rotatable bonds is 5. The average Bonchev–Trinajstić information content (AvgIpc) is 4.06. The van der Waals surface area contributed by atoms with Crippen molar-refractivity contribution in [3.63, 3.8) is 0 Å². The van der Waals surface area contributed by atoms with Crippen LogP contribution in [-0.2, 0) is 5.41 Å². The molecule has 0 bridgehead atoms. The second-order valence-electron chi connectivity index (χ2n) is 15.9. The van der Waals surface area contributed by atoms with Gasteiger partial charge in [-0.3, -0.25) is 9.97 Å². The maximum atomic E-state index is 5.03. The Balaban J connectivity index is 0.991. The first kappa shape index (κ1) is 35.2. The molecule has 7 aromatic carbocycles. The topological polar surface area (TPSA) is 54.8 Å². The fourth-order valence-corrected chi connectivity index (χ4v) is 11.7. The van der Waals surface area contributed by atoms with Gasteiger partial charge < -0.3 is 4.90 Å². The van der Waals surface area contributed by atoms with Crippen LogP contribution in [0.15, 0.2) is 201 Å². The van der Waals surface area contributed by atoms with Crippen molar-refractivity contribution in [3.05, 3.63) is 223 Å². The van der Waals surface area contributed by atoms with Crippen molar-refractivity contribution in [3.8, 4) is 54.5 Å². The number of fused-ring (bicyclic) bond motifs is 11. The predicted octanol–water partition coefficient (Wildman–Crippen LogP) is 14.5. The van der Waals surface area contributed by atoms with E-state index in [2.05, 4.69) is 179 Å². The van der Waals surface area contributed by atoms with Crippen LogP contribution in [0.4, 0.5) is 17.1 Å². The fraction of sp³-hybridized carbons (Fsp3) is 0.0182. The Hall–Kier alpha value is -7.58. The number of aromatic nitrogens is 4. The highest BCUT2D eigenvalue weighted by molar-refractivity contribution is 7.22. The minimum absolute atomic E-state index is 0.527. The summed E-state index contributed by atoms with van der Waals surface area (Å²) in [7, 11) is 0. The van der Waals surface area contributed by atoms with Crippen LogP contribution < -0.4 is 4.90 Å². The Morgan fingerprint density at radius 1 is 0.387 bits per heavy atom. The molecule has 5 nitrogen and oxygen atoms in total. The maximum Gasteiger partial charge on any atom is 0.124 e. The molecule has 0 N–H and O–H groups in total. The first-order chi connectivity index (χ1) is 30.7. The average molecular weight is 828 g/mol. The van der Waals surface area contributed by atoms with E-state index in [0.717, 1.165) is 64.0 Å². The van der Waals surface area contributed by atoms with Crippen molar-refractivity contribution < 1.29 is 0 Å². The van der Waals surface area contributed by atoms with Crippen molar-refractivity contribution in [1.82, 2.24) is 19.9 Å². The zero-order valence-electron chi connectivity index (χ0n) is 33.1. The highest BCUT2D eigenvalue weighted by Crippen LogP contribution is 2.63. The molecule has 1 aliphatic carbocycles. The van der Waals surface area contributed by atoms with E-state index in [1.54, 1.807) is 22.7 Å². The summed E-state index contributed by atoms with van der Waals surface area (Å²) < 4.78 is 2.23. The standard InChI is InChI=1S/C55H33N5S2/c1-2-13-40(14-3-1)60-49-19-8-6-17-44(49)55(45-18-7-9-20-50(45)60)43-16-5-4-15-41(43)42-22-21-36(31-46(42)55)34-11-10-12-35(27-34)37-28-38(53-58-47-32-56-25-23-51(47)61-53)30-39(29-37)54-59-48-33-57-26-24-52(48)62-54/h1-33H. The molecule has 290 valence electrons. The molecule has 0 fully saturated rings. The Morgan fingerprint density at radius 2 is 0.903 bits per heavy atom. The lowest BCUT2D eigenvalue weighted by molar-refractivity contribution is 0.753. The summed E-state index contributed by atoms with van der Waals surface area (Å²) in [6.07, 6.45) is 7.34. The lowest BCUT2D eigenvalue weighted by Crippen LogP contribution is -2.36. The first-order valence-corrected chi connectivity index (χ1v) is 22.3. The monoisotopic (exact) mass is 827 g/mol. The Bertz CT molecular complexity index is 3360. The van der Waals surface area contributed by atoms with Crippen molar-refractivity contribution in [2.24, 2.45) is 0 Å². The van der Waals surface area contributed by atoms with Gasteiger partial charge in [-0.25, -0.2) is 9.97 Å². The molecule has 4 aromatic heterocycles. The third-order valence-electron chi connectivity index (χ3n) is 12.5. The van der Waals surface area contributed by atoms with E-state index >= 15 is 0 Å². The summed E-state index contributed by atoms with van der Waals surface area (Å²) in [6.45, 7) is 0. The van der Waals surface area contributed by atoms with E-state index in [9.17, 15) is 0 Å². The minimum Gasteiger partial charge on any atom is -0.310 e. The lowest BCUT2D eigenvalue weighted by Gasteiger charge is -2.45. The number of anilines is 3. The van der Waals surface area contributed by atoms with E-state index in [1.165, 1.54) is 50.3 Å². The van der Waals surface area contributed by atoms with Crippen LogP contribution in [0.25, 0.3) is 75.0 Å². The number of hydrogen-bond donors (Lipinski definition) is 0. The van der Waals surface area contributed by atoms with E-state index < -0.39 is 5.41 Å². The van der Waals surface area contributed by atoms with Crippen molar-refractivity contribution >= 4 is 60.2 Å². The predicted molar refractivity (Wildman–Crippen MR) is 256 cm³/mol. The highest BCUT2D eigenvalue weighted by atomic mass is 32.1. The van der Waals surface area contributed by atoms with Gasteiger partial charge in [-0.1, -0.05) is 109 Å². The van der Waals surface area contributed by atoms with Crippen LogP contribution in [0.2, 0.25) is 0 Å². The van der Waals surface area contributed by atoms with E-state index in [0.29, 0.717) is 0 Å². The summed E-state index contributed by atoms with van der Waals surface area (Å²) in [5.41, 5.74) is 19.2. The molecule has 5 heterocycles. The second-order valence-corrected chi connectivity index (χ2v) is 17.9. The Kier molecular flexibility index (Phi) is 7.79. The van der Waals surface area contributed by atoms with Gasteiger partial charge in [-0.05, 0) is 122 Å². The Morgan fingerprint density at radius 3 is 1.55 bits per heavy atom. The van der Waals surface area contributed by atoms with Gasteiger partial charge in [0.15, 0.2) is 0 Å². The van der Waals surface area contributed by atoms with Gasteiger partial charge in [0.05, 0.1) is 38.6 Å². The summed E-state index contributed by atoms with van der Waals surface area (Å²) in [5, 5.41) is 1.91. The van der Waals surface area contributed by atoms with Crippen molar-refractivity contribution in [2.75, 3.05) is 4.90 Å². The summed E-state index contributed by atoms with van der Waals surface area (Å²) in [5.74, 6) is 0. The SMILES string of the molecule is c1ccc(N2c3ccccc3C3(c4ccccc4-c4ccc(-c5cccc(-c6cc(-c7nc8cnccc8s7)cc(-c7nc8cnccc8s7)c6)c5)cc43)c3ccccc32)cc1. The van der Waals surface area contributed by atoms with Gasteiger partial charge in [0, 0.05) is 29.2 Å². The molecular formula is C55H33N5S2. The largest absolute Gasteiger partial charge is 0.310 e. The van der Waals surface area contributed by atoms with Crippen molar-refractivity contribution in [2.45, 2.75) is 5.41 Å². The zero-order chi connectivity index (χ0) is 40.8. The molecule has 11 aromatic rings. The molecule has 62 heavy (non-hydrogen) atoms. The molecule has 0 radical (unpaired) electrons. The van der Waals surface area contributed by atoms with Gasteiger partial charge in [-0.2, -0.15) is 0 Å². The van der Waals surface area contributed by atoms with Crippen LogP contribution in [0.5, 0.6) is 0 Å². The summed E-state index contributed by atoms with van der Waals surface area (Å²) >= 11 is 3.38. The fourth-order valence-electron chi connectivity index (χ4n) is 9.87. The first-order valence-electron chi connectivity index (χ1n) is 20.7. The molecule has 7 heteroatoms. The highest BCUT2D eigenvalue weighted by Gasteiger charge is 2.51. The number of benzene rings is 7. The summed E-state index contributed by atoms with van der Waals surface area (Å²) in [6, 6.07) is 64.7. The normalized spacial score (nSPS) is 13.3. The van der Waals surface area contributed by atoms with Crippen LogP contribution >= 0.6 is 22.7 Å².